The minimum absolute atomic E-state index is 0.0126. The Hall–Kier alpha value is -2.89. The fourth-order valence-electron chi connectivity index (χ4n) is 4.44. The van der Waals surface area contributed by atoms with Crippen molar-refractivity contribution in [1.82, 2.24) is 14.9 Å². The van der Waals surface area contributed by atoms with Crippen LogP contribution in [-0.4, -0.2) is 40.4 Å². The van der Waals surface area contributed by atoms with Gasteiger partial charge in [-0.15, -0.1) is 0 Å². The summed E-state index contributed by atoms with van der Waals surface area (Å²) in [5.74, 6) is 2.16. The highest BCUT2D eigenvalue weighted by atomic mass is 16.3. The van der Waals surface area contributed by atoms with Gasteiger partial charge in [0.2, 0.25) is 5.71 Å². The zero-order valence-corrected chi connectivity index (χ0v) is 16.4. The summed E-state index contributed by atoms with van der Waals surface area (Å²) in [6.45, 7) is 7.00. The van der Waals surface area contributed by atoms with Crippen molar-refractivity contribution in [2.45, 2.75) is 39.7 Å². The number of carbonyl (C=O) groups is 1. The van der Waals surface area contributed by atoms with E-state index in [-0.39, 0.29) is 5.91 Å². The van der Waals surface area contributed by atoms with Gasteiger partial charge in [0.15, 0.2) is 0 Å². The van der Waals surface area contributed by atoms with Crippen LogP contribution in [0, 0.1) is 13.8 Å². The summed E-state index contributed by atoms with van der Waals surface area (Å²) < 4.78 is 5.94. The molecule has 3 aromatic rings. The van der Waals surface area contributed by atoms with Gasteiger partial charge < -0.3 is 14.2 Å². The van der Waals surface area contributed by atoms with Crippen molar-refractivity contribution in [3.63, 3.8) is 0 Å². The molecule has 2 aromatic heterocycles. The summed E-state index contributed by atoms with van der Waals surface area (Å²) in [6.07, 6.45) is 3.17. The van der Waals surface area contributed by atoms with E-state index in [1.165, 1.54) is 11.1 Å². The number of amides is 1. The van der Waals surface area contributed by atoms with E-state index < -0.39 is 0 Å². The summed E-state index contributed by atoms with van der Waals surface area (Å²) >= 11 is 0. The Morgan fingerprint density at radius 2 is 1.79 bits per heavy atom. The molecule has 28 heavy (non-hydrogen) atoms. The van der Waals surface area contributed by atoms with Crippen molar-refractivity contribution in [3.8, 4) is 0 Å². The van der Waals surface area contributed by atoms with E-state index in [1.807, 2.05) is 24.8 Å². The number of fused-ring (bicyclic) bond motifs is 2. The predicted octanol–water partition coefficient (Wildman–Crippen LogP) is 3.64. The Morgan fingerprint density at radius 3 is 2.57 bits per heavy atom. The Bertz CT molecular complexity index is 1070. The number of hydrogen-bond acceptors (Lipinski definition) is 5. The summed E-state index contributed by atoms with van der Waals surface area (Å²) in [7, 11) is 0. The van der Waals surface area contributed by atoms with Crippen molar-refractivity contribution in [3.05, 3.63) is 52.5 Å². The second-order valence-corrected chi connectivity index (χ2v) is 7.75. The zero-order chi connectivity index (χ0) is 19.3. The van der Waals surface area contributed by atoms with Crippen molar-refractivity contribution in [1.29, 1.82) is 0 Å². The molecule has 4 heterocycles. The van der Waals surface area contributed by atoms with Gasteiger partial charge in [0, 0.05) is 26.2 Å². The van der Waals surface area contributed by atoms with Gasteiger partial charge in [0.1, 0.15) is 17.4 Å². The number of nitrogens with zero attached hydrogens (tertiary/aromatic N) is 4. The van der Waals surface area contributed by atoms with Crippen LogP contribution in [0.5, 0.6) is 0 Å². The van der Waals surface area contributed by atoms with Crippen LogP contribution in [0.4, 0.5) is 5.82 Å². The van der Waals surface area contributed by atoms with Crippen LogP contribution in [-0.2, 0) is 13.0 Å². The number of benzene rings is 1. The third kappa shape index (κ3) is 2.75. The van der Waals surface area contributed by atoms with E-state index in [0.29, 0.717) is 36.0 Å². The minimum Gasteiger partial charge on any atom is -0.442 e. The molecule has 1 saturated heterocycles. The molecule has 0 radical (unpaired) electrons. The molecule has 1 fully saturated rings. The molecule has 0 bridgehead atoms. The summed E-state index contributed by atoms with van der Waals surface area (Å²) in [5.41, 5.74) is 3.69. The molecule has 6 nitrogen and oxygen atoms in total. The topological polar surface area (TPSA) is 62.5 Å². The maximum Gasteiger partial charge on any atom is 0.258 e. The van der Waals surface area contributed by atoms with E-state index in [0.717, 1.165) is 43.6 Å². The first-order valence-electron chi connectivity index (χ1n) is 10.0. The van der Waals surface area contributed by atoms with Crippen molar-refractivity contribution < 1.29 is 9.21 Å². The lowest BCUT2D eigenvalue weighted by Crippen LogP contribution is -2.36. The molecule has 0 aliphatic carbocycles. The van der Waals surface area contributed by atoms with Crippen molar-refractivity contribution >= 4 is 22.8 Å². The summed E-state index contributed by atoms with van der Waals surface area (Å²) in [5, 5.41) is 0.772. The smallest absolute Gasteiger partial charge is 0.258 e. The molecule has 2 aliphatic rings. The monoisotopic (exact) mass is 376 g/mol. The van der Waals surface area contributed by atoms with Crippen LogP contribution in [0.25, 0.3) is 11.1 Å². The molecular formula is C22H24N4O2. The van der Waals surface area contributed by atoms with E-state index in [2.05, 4.69) is 28.1 Å². The SMILES string of the molecule is Cc1nc(N2CCCC2)c2c(C(=O)N3CCc4ccccc4C3)c(C)oc2n1. The average Bonchev–Trinajstić information content (AvgIpc) is 3.34. The van der Waals surface area contributed by atoms with Gasteiger partial charge in [-0.05, 0) is 44.2 Å². The molecule has 0 saturated carbocycles. The van der Waals surface area contributed by atoms with Crippen LogP contribution in [0.2, 0.25) is 0 Å². The second-order valence-electron chi connectivity index (χ2n) is 7.75. The Labute approximate surface area is 164 Å². The van der Waals surface area contributed by atoms with Gasteiger partial charge in [0.25, 0.3) is 5.91 Å². The van der Waals surface area contributed by atoms with Gasteiger partial charge in [-0.1, -0.05) is 24.3 Å². The van der Waals surface area contributed by atoms with E-state index in [9.17, 15) is 4.79 Å². The number of carbonyl (C=O) groups excluding carboxylic acids is 1. The lowest BCUT2D eigenvalue weighted by Gasteiger charge is -2.29. The first-order valence-corrected chi connectivity index (χ1v) is 10.0. The Morgan fingerprint density at radius 1 is 1.04 bits per heavy atom. The Balaban J connectivity index is 1.59. The quantitative estimate of drug-likeness (QED) is 0.683. The molecule has 1 aromatic carbocycles. The third-order valence-corrected chi connectivity index (χ3v) is 5.86. The second kappa shape index (κ2) is 6.62. The number of aryl methyl sites for hydroxylation is 2. The van der Waals surface area contributed by atoms with Crippen LogP contribution in [0.1, 0.15) is 45.9 Å². The molecule has 0 spiro atoms. The van der Waals surface area contributed by atoms with Crippen LogP contribution in [0.3, 0.4) is 0 Å². The first kappa shape index (κ1) is 17.2. The van der Waals surface area contributed by atoms with E-state index >= 15 is 0 Å². The van der Waals surface area contributed by atoms with Crippen LogP contribution in [0.15, 0.2) is 28.7 Å². The molecule has 0 atom stereocenters. The lowest BCUT2D eigenvalue weighted by molar-refractivity contribution is 0.0734. The highest BCUT2D eigenvalue weighted by Crippen LogP contribution is 2.35. The standard InChI is InChI=1S/C22H24N4O2/c1-14-18(22(27)26-12-9-16-7-3-4-8-17(16)13-26)19-20(25-10-5-6-11-25)23-15(2)24-21(19)28-14/h3-4,7-8H,5-6,9-13H2,1-2H3. The molecule has 5 rings (SSSR count). The molecule has 0 N–H and O–H groups in total. The van der Waals surface area contributed by atoms with Gasteiger partial charge >= 0.3 is 0 Å². The van der Waals surface area contributed by atoms with E-state index in [1.54, 1.807) is 0 Å². The number of aromatic nitrogens is 2. The molecule has 2 aliphatic heterocycles. The molecule has 6 heteroatoms. The fraction of sp³-hybridized carbons (Fsp3) is 0.409. The first-order chi connectivity index (χ1) is 13.6. The van der Waals surface area contributed by atoms with Gasteiger partial charge in [-0.2, -0.15) is 4.98 Å². The zero-order valence-electron chi connectivity index (χ0n) is 16.4. The fourth-order valence-corrected chi connectivity index (χ4v) is 4.44. The normalized spacial score (nSPS) is 16.6. The van der Waals surface area contributed by atoms with Crippen LogP contribution >= 0.6 is 0 Å². The molecule has 0 unspecified atom stereocenters. The van der Waals surface area contributed by atoms with Crippen LogP contribution < -0.4 is 4.90 Å². The lowest BCUT2D eigenvalue weighted by atomic mass is 9.99. The molecular weight excluding hydrogens is 352 g/mol. The maximum atomic E-state index is 13.5. The average molecular weight is 376 g/mol. The molecule has 1 amide bonds. The van der Waals surface area contributed by atoms with E-state index in [4.69, 9.17) is 9.40 Å². The van der Waals surface area contributed by atoms with Gasteiger partial charge in [-0.3, -0.25) is 4.79 Å². The Kier molecular flexibility index (Phi) is 4.07. The highest BCUT2D eigenvalue weighted by molar-refractivity contribution is 6.10. The predicted molar refractivity (Wildman–Crippen MR) is 108 cm³/mol. The van der Waals surface area contributed by atoms with Crippen molar-refractivity contribution in [2.24, 2.45) is 0 Å². The van der Waals surface area contributed by atoms with Gasteiger partial charge in [0.05, 0.1) is 10.9 Å². The number of hydrogen-bond donors (Lipinski definition) is 0. The van der Waals surface area contributed by atoms with Gasteiger partial charge in [-0.25, -0.2) is 4.98 Å². The maximum absolute atomic E-state index is 13.5. The third-order valence-electron chi connectivity index (χ3n) is 5.86. The van der Waals surface area contributed by atoms with Crippen molar-refractivity contribution in [2.75, 3.05) is 24.5 Å². The largest absolute Gasteiger partial charge is 0.442 e. The highest BCUT2D eigenvalue weighted by Gasteiger charge is 2.30. The number of rotatable bonds is 2. The molecule has 144 valence electrons. The summed E-state index contributed by atoms with van der Waals surface area (Å²) in [4.78, 5) is 26.9. The summed E-state index contributed by atoms with van der Waals surface area (Å²) in [6, 6.07) is 8.36. The number of anilines is 1. The minimum atomic E-state index is 0.0126. The number of furan rings is 1.